The second kappa shape index (κ2) is 13.1. The molecule has 0 amide bonds. The van der Waals surface area contributed by atoms with Gasteiger partial charge in [0.15, 0.2) is 0 Å². The highest BCUT2D eigenvalue weighted by atomic mass is 19.4. The van der Waals surface area contributed by atoms with Crippen LogP contribution in [0.25, 0.3) is 0 Å². The maximum atomic E-state index is 15.0. The number of ether oxygens (including phenoxy) is 2. The Morgan fingerprint density at radius 3 is 2.29 bits per heavy atom. The largest absolute Gasteiger partial charge is 0.465 e. The van der Waals surface area contributed by atoms with Crippen molar-refractivity contribution in [1.82, 2.24) is 14.0 Å². The number of hydrogen-bond donors (Lipinski definition) is 1. The lowest BCUT2D eigenvalue weighted by atomic mass is 9.85. The Bertz CT molecular complexity index is 1930. The maximum absolute atomic E-state index is 15.0. The first-order valence-corrected chi connectivity index (χ1v) is 15.5. The molecule has 6 rings (SSSR count). The summed E-state index contributed by atoms with van der Waals surface area (Å²) in [4.78, 5) is 42.1. The number of fused-ring (bicyclic) bond motifs is 2. The van der Waals surface area contributed by atoms with E-state index in [0.29, 0.717) is 43.6 Å². The zero-order valence-corrected chi connectivity index (χ0v) is 26.1. The van der Waals surface area contributed by atoms with E-state index in [2.05, 4.69) is 4.90 Å². The van der Waals surface area contributed by atoms with Gasteiger partial charge in [0.05, 0.1) is 49.2 Å². The summed E-state index contributed by atoms with van der Waals surface area (Å²) in [5, 5.41) is 0. The highest BCUT2D eigenvalue weighted by molar-refractivity contribution is 5.89. The Balaban J connectivity index is 1.36. The van der Waals surface area contributed by atoms with Crippen LogP contribution in [-0.4, -0.2) is 40.2 Å². The molecule has 0 radical (unpaired) electrons. The maximum Gasteiger partial charge on any atom is 0.416 e. The number of esters is 1. The number of benzene rings is 3. The van der Waals surface area contributed by atoms with Crippen molar-refractivity contribution in [2.24, 2.45) is 5.73 Å². The Kier molecular flexibility index (Phi) is 9.12. The number of rotatable bonds is 8. The van der Waals surface area contributed by atoms with Gasteiger partial charge in [0.2, 0.25) is 0 Å². The molecule has 1 fully saturated rings. The number of hydrogen-bond acceptors (Lipinski definition) is 7. The van der Waals surface area contributed by atoms with Gasteiger partial charge in [-0.3, -0.25) is 18.8 Å². The predicted molar refractivity (Wildman–Crippen MR) is 168 cm³/mol. The summed E-state index contributed by atoms with van der Waals surface area (Å²) >= 11 is 0. The minimum atomic E-state index is -4.88. The van der Waals surface area contributed by atoms with E-state index in [-0.39, 0.29) is 24.4 Å². The Morgan fingerprint density at radius 2 is 1.65 bits per heavy atom. The third-order valence-corrected chi connectivity index (χ3v) is 9.27. The molecule has 2 N–H and O–H groups in total. The molecule has 4 aromatic rings. The molecule has 0 saturated carbocycles. The molecule has 1 saturated heterocycles. The normalized spacial score (nSPS) is 16.5. The SMILES string of the molecule is COC(=O)c1ccc(CN2CCC3(CC2)OCc2c3c(=O)n(CC(N)c3ccccc3)c(=O)n2Cc2c(F)cccc2C(F)(F)F)cc1. The van der Waals surface area contributed by atoms with E-state index in [1.807, 2.05) is 12.1 Å². The molecule has 1 unspecified atom stereocenters. The fourth-order valence-electron chi connectivity index (χ4n) is 6.69. The smallest absolute Gasteiger partial charge is 0.416 e. The first kappa shape index (κ1) is 33.3. The van der Waals surface area contributed by atoms with Gasteiger partial charge in [-0.15, -0.1) is 0 Å². The van der Waals surface area contributed by atoms with E-state index < -0.39 is 58.5 Å². The van der Waals surface area contributed by atoms with E-state index in [9.17, 15) is 27.6 Å². The predicted octanol–water partition coefficient (Wildman–Crippen LogP) is 4.72. The first-order valence-electron chi connectivity index (χ1n) is 15.5. The van der Waals surface area contributed by atoms with E-state index in [4.69, 9.17) is 15.2 Å². The summed E-state index contributed by atoms with van der Waals surface area (Å²) in [5.74, 6) is -1.55. The van der Waals surface area contributed by atoms with Gasteiger partial charge < -0.3 is 15.2 Å². The van der Waals surface area contributed by atoms with Crippen LogP contribution in [0.3, 0.4) is 0 Å². The second-order valence-electron chi connectivity index (χ2n) is 12.1. The van der Waals surface area contributed by atoms with Crippen LogP contribution in [0, 0.1) is 5.82 Å². The number of halogens is 4. The second-order valence-corrected chi connectivity index (χ2v) is 12.1. The number of methoxy groups -OCH3 is 1. The topological polar surface area (TPSA) is 109 Å². The van der Waals surface area contributed by atoms with Crippen molar-refractivity contribution in [1.29, 1.82) is 0 Å². The number of nitrogens with zero attached hydrogens (tertiary/aromatic N) is 3. The molecule has 252 valence electrons. The van der Waals surface area contributed by atoms with Crippen LogP contribution in [0.1, 0.15) is 62.8 Å². The molecule has 2 aliphatic heterocycles. The van der Waals surface area contributed by atoms with Gasteiger partial charge in [-0.2, -0.15) is 13.2 Å². The molecule has 3 aromatic carbocycles. The van der Waals surface area contributed by atoms with E-state index in [1.54, 1.807) is 42.5 Å². The number of nitrogens with two attached hydrogens (primary N) is 1. The molecule has 1 aromatic heterocycles. The van der Waals surface area contributed by atoms with E-state index >= 15 is 4.39 Å². The third kappa shape index (κ3) is 6.32. The van der Waals surface area contributed by atoms with Crippen molar-refractivity contribution in [3.8, 4) is 0 Å². The van der Waals surface area contributed by atoms with Crippen molar-refractivity contribution in [2.75, 3.05) is 20.2 Å². The van der Waals surface area contributed by atoms with Crippen LogP contribution in [0.2, 0.25) is 0 Å². The van der Waals surface area contributed by atoms with Crippen molar-refractivity contribution < 1.29 is 31.8 Å². The summed E-state index contributed by atoms with van der Waals surface area (Å²) < 4.78 is 70.0. The number of carbonyl (C=O) groups excluding carboxylic acids is 1. The summed E-state index contributed by atoms with van der Waals surface area (Å²) in [6.07, 6.45) is -4.14. The monoisotopic (exact) mass is 666 g/mol. The number of aromatic nitrogens is 2. The Hall–Kier alpha value is -4.59. The van der Waals surface area contributed by atoms with Crippen LogP contribution in [0.15, 0.2) is 82.4 Å². The van der Waals surface area contributed by atoms with E-state index in [0.717, 1.165) is 32.9 Å². The zero-order chi connectivity index (χ0) is 34.2. The highest BCUT2D eigenvalue weighted by Gasteiger charge is 2.47. The van der Waals surface area contributed by atoms with Crippen molar-refractivity contribution in [2.45, 2.75) is 56.9 Å². The van der Waals surface area contributed by atoms with Gasteiger partial charge in [0.1, 0.15) is 11.4 Å². The molecule has 13 heteroatoms. The summed E-state index contributed by atoms with van der Waals surface area (Å²) in [5.41, 5.74) is 4.28. The van der Waals surface area contributed by atoms with Crippen molar-refractivity contribution >= 4 is 5.97 Å². The quantitative estimate of drug-likeness (QED) is 0.214. The average molecular weight is 667 g/mol. The number of likely N-dealkylation sites (tertiary alicyclic amines) is 1. The van der Waals surface area contributed by atoms with Crippen LogP contribution >= 0.6 is 0 Å². The number of piperidine rings is 1. The van der Waals surface area contributed by atoms with E-state index in [1.165, 1.54) is 7.11 Å². The van der Waals surface area contributed by atoms with Crippen LogP contribution in [-0.2, 0) is 47.5 Å². The number of alkyl halides is 3. The van der Waals surface area contributed by atoms with Gasteiger partial charge in [0.25, 0.3) is 5.56 Å². The van der Waals surface area contributed by atoms with Crippen LogP contribution in [0.4, 0.5) is 17.6 Å². The lowest BCUT2D eigenvalue weighted by molar-refractivity contribution is -0.138. The summed E-state index contributed by atoms with van der Waals surface area (Å²) in [6.45, 7) is 0.375. The van der Waals surface area contributed by atoms with Crippen LogP contribution in [0.5, 0.6) is 0 Å². The molecule has 3 heterocycles. The van der Waals surface area contributed by atoms with Gasteiger partial charge in [-0.05, 0) is 48.2 Å². The lowest BCUT2D eigenvalue weighted by Crippen LogP contribution is -2.49. The first-order chi connectivity index (χ1) is 22.9. The number of carbonyl (C=O) groups is 1. The fourth-order valence-corrected chi connectivity index (χ4v) is 6.69. The Morgan fingerprint density at radius 1 is 0.958 bits per heavy atom. The minimum Gasteiger partial charge on any atom is -0.465 e. The summed E-state index contributed by atoms with van der Waals surface area (Å²) in [7, 11) is 1.31. The molecular formula is C35H34F4N4O5. The summed E-state index contributed by atoms with van der Waals surface area (Å²) in [6, 6.07) is 17.7. The molecule has 0 aliphatic carbocycles. The molecule has 48 heavy (non-hydrogen) atoms. The van der Waals surface area contributed by atoms with Crippen LogP contribution < -0.4 is 17.0 Å². The molecule has 2 aliphatic rings. The minimum absolute atomic E-state index is 0.137. The Labute approximate surface area is 273 Å². The molecular weight excluding hydrogens is 632 g/mol. The standard InChI is InChI=1S/C35H34F4N4O5/c1-47-32(45)24-12-10-22(11-13-24)18-41-16-14-34(15-17-41)30-29(21-48-34)42(19-25-26(35(37,38)39)8-5-9-27(25)36)33(46)43(31(30)44)20-28(40)23-6-3-2-4-7-23/h2-13,28H,14-21,40H2,1H3. The molecule has 0 bridgehead atoms. The zero-order valence-electron chi connectivity index (χ0n) is 26.1. The van der Waals surface area contributed by atoms with Gasteiger partial charge >= 0.3 is 17.8 Å². The van der Waals surface area contributed by atoms with Crippen molar-refractivity contribution in [3.63, 3.8) is 0 Å². The highest BCUT2D eigenvalue weighted by Crippen LogP contribution is 2.43. The molecule has 9 nitrogen and oxygen atoms in total. The van der Waals surface area contributed by atoms with Crippen molar-refractivity contribution in [3.05, 3.63) is 139 Å². The molecule has 1 spiro atoms. The lowest BCUT2D eigenvalue weighted by Gasteiger charge is -2.39. The fraction of sp³-hybridized carbons (Fsp3) is 0.343. The van der Waals surface area contributed by atoms with Gasteiger partial charge in [0, 0.05) is 31.2 Å². The van der Waals surface area contributed by atoms with Gasteiger partial charge in [-0.25, -0.2) is 14.0 Å². The average Bonchev–Trinajstić information content (AvgIpc) is 3.44. The van der Waals surface area contributed by atoms with Gasteiger partial charge in [-0.1, -0.05) is 48.5 Å². The molecule has 1 atom stereocenters. The third-order valence-electron chi connectivity index (χ3n) is 9.27.